The van der Waals surface area contributed by atoms with Gasteiger partial charge >= 0.3 is 0 Å². The van der Waals surface area contributed by atoms with Crippen molar-refractivity contribution in [2.75, 3.05) is 13.2 Å². The summed E-state index contributed by atoms with van der Waals surface area (Å²) in [6, 6.07) is 29.4. The molecule has 9 rings (SSSR count). The molecular formula is C97H136N16O14Si. The molecule has 0 radical (unpaired) electrons. The Morgan fingerprint density at radius 2 is 0.727 bits per heavy atom. The topological polar surface area (TPSA) is 441 Å². The van der Waals surface area contributed by atoms with E-state index in [2.05, 4.69) is 124 Å². The first kappa shape index (κ1) is 100. The van der Waals surface area contributed by atoms with Gasteiger partial charge in [-0.25, -0.2) is 0 Å². The Morgan fingerprint density at radius 3 is 1.12 bits per heavy atom. The number of nitrogens with two attached hydrogens (primary N) is 1. The van der Waals surface area contributed by atoms with E-state index in [0.717, 1.165) is 48.6 Å². The van der Waals surface area contributed by atoms with E-state index >= 15 is 14.4 Å². The summed E-state index contributed by atoms with van der Waals surface area (Å²) in [5, 5.41) is 38.9. The molecule has 692 valence electrons. The first-order valence-corrected chi connectivity index (χ1v) is 47.0. The molecule has 0 saturated carbocycles. The molecule has 1 fully saturated rings. The number of hydrogen-bond donors (Lipinski definition) is 16. The van der Waals surface area contributed by atoms with Crippen molar-refractivity contribution < 1.29 is 66.7 Å². The number of carbonyl (C=O) groups excluding carboxylic acids is 12. The highest BCUT2D eigenvalue weighted by Gasteiger charge is 2.50. The molecule has 1 saturated heterocycles. The molecule has 8 aromatic rings. The molecule has 5 aromatic carbocycles. The molecule has 0 spiro atoms. The summed E-state index contributed by atoms with van der Waals surface area (Å²) < 4.78 is 13.6. The molecule has 0 unspecified atom stereocenters. The lowest BCUT2D eigenvalue weighted by Gasteiger charge is -2.43. The van der Waals surface area contributed by atoms with Crippen LogP contribution in [0.25, 0.3) is 32.7 Å². The summed E-state index contributed by atoms with van der Waals surface area (Å²) in [6.45, 7) is 33.0. The van der Waals surface area contributed by atoms with E-state index in [1.54, 1.807) is 60.9 Å². The van der Waals surface area contributed by atoms with Crippen LogP contribution in [0.3, 0.4) is 0 Å². The van der Waals surface area contributed by atoms with Crippen molar-refractivity contribution in [3.05, 3.63) is 169 Å². The standard InChI is InChI=1S/C97H136N16O14Si/c1-54(2)45-74(105-85(114)60(13)98)89(118)104-62(15)86(115)111-83(58(9)10)95(124)113-84(59(11)12)96(125)112-82(57(7)8)94(123)110-79(50-65-53-102-73-40-30-27-37-70(65)73)92(121)106-75(46-55(3)4)88(117)103-61(14)80-41-42-81(127-80)93(122)109-78(49-64-52-101-72-39-29-26-36-69(64)72)91(120)107-76(47-56(5)6)90(119)108-77(48-63-51-100-71-38-28-25-35-68(63)71)87(116)99-43-44-126-128(97(16,17)18,66-31-21-19-22-32-66)67-33-23-20-24-34-67/h19-40,51-62,74-84,100-102H,41-50,98H2,1-18H3,(H,99,116)(H,103,117)(H,104,118)(H,105,114)(H,106,121)(H,107,120)(H,108,119)(H,109,122)(H,110,123)(H,111,115)(H,112,125)(H,113,124)/t60-,61-,62-,74+,75+,76+,77-,78-,79-,80-,81+,82+,83+,84-/m0/s1. The molecule has 31 heteroatoms. The maximum atomic E-state index is 15.2. The van der Waals surface area contributed by atoms with Gasteiger partial charge in [-0.3, -0.25) is 57.5 Å². The molecule has 128 heavy (non-hydrogen) atoms. The Bertz CT molecular complexity index is 5080. The quantitative estimate of drug-likeness (QED) is 0.0132. The number of benzene rings is 5. The highest BCUT2D eigenvalue weighted by molar-refractivity contribution is 6.99. The maximum absolute atomic E-state index is 15.2. The third kappa shape index (κ3) is 26.8. The van der Waals surface area contributed by atoms with Gasteiger partial charge in [0.1, 0.15) is 66.5 Å². The first-order chi connectivity index (χ1) is 60.6. The lowest BCUT2D eigenvalue weighted by atomic mass is 9.97. The summed E-state index contributed by atoms with van der Waals surface area (Å²) in [5.41, 5.74) is 10.3. The largest absolute Gasteiger partial charge is 0.406 e. The normalized spacial score (nSPS) is 16.5. The highest BCUT2D eigenvalue weighted by Crippen LogP contribution is 2.37. The molecule has 1 aliphatic heterocycles. The van der Waals surface area contributed by atoms with Crippen molar-refractivity contribution in [1.82, 2.24) is 78.8 Å². The average molecular weight is 1780 g/mol. The van der Waals surface area contributed by atoms with Gasteiger partial charge in [0, 0.05) is 77.1 Å². The van der Waals surface area contributed by atoms with Gasteiger partial charge in [0.25, 0.3) is 8.32 Å². The number of H-pyrrole nitrogens is 3. The van der Waals surface area contributed by atoms with Gasteiger partial charge in [-0.1, -0.05) is 219 Å². The first-order valence-electron chi connectivity index (χ1n) is 45.1. The summed E-state index contributed by atoms with van der Waals surface area (Å²) in [4.78, 5) is 183. The molecule has 30 nitrogen and oxygen atoms in total. The number of aromatic nitrogens is 3. The summed E-state index contributed by atoms with van der Waals surface area (Å²) >= 11 is 0. The van der Waals surface area contributed by atoms with Crippen LogP contribution in [-0.2, 0) is 86.0 Å². The van der Waals surface area contributed by atoms with Crippen molar-refractivity contribution in [3.63, 3.8) is 0 Å². The molecule has 4 heterocycles. The molecule has 0 bridgehead atoms. The second-order valence-electron chi connectivity index (χ2n) is 37.5. The summed E-state index contributed by atoms with van der Waals surface area (Å²) in [6.07, 6.45) is 4.55. The Labute approximate surface area is 752 Å². The number of nitrogens with one attached hydrogen (secondary N) is 15. The molecule has 0 aliphatic carbocycles. The Morgan fingerprint density at radius 1 is 0.391 bits per heavy atom. The Balaban J connectivity index is 0.871. The summed E-state index contributed by atoms with van der Waals surface area (Å²) in [5.74, 6) is -9.71. The lowest BCUT2D eigenvalue weighted by molar-refractivity contribution is -0.138. The monoisotopic (exact) mass is 1780 g/mol. The number of hydrogen-bond acceptors (Lipinski definition) is 15. The van der Waals surface area contributed by atoms with E-state index in [0.29, 0.717) is 17.5 Å². The van der Waals surface area contributed by atoms with Crippen LogP contribution in [0.2, 0.25) is 5.04 Å². The molecule has 14 atom stereocenters. The average Bonchev–Trinajstić information content (AvgIpc) is 0.822. The van der Waals surface area contributed by atoms with E-state index in [1.807, 2.05) is 157 Å². The third-order valence-corrected chi connectivity index (χ3v) is 28.6. The van der Waals surface area contributed by atoms with Crippen molar-refractivity contribution in [3.8, 4) is 0 Å². The minimum Gasteiger partial charge on any atom is -0.406 e. The SMILES string of the molecule is CC(C)C[C@@H](NC(=O)[C@H](C)N)C(=O)N[C@@H](C)C(=O)N[C@@H](C(=O)N[C@H](C(=O)N[C@@H](C(=O)N[C@@H](Cc1c[nH]c2ccccc12)C(=O)N[C@H](CC(C)C)C(=O)N[C@@H](C)[C@@H]1CC[C@H](C(=O)N[C@@H](Cc2c[nH]c3ccccc23)C(=O)N[C@H](CC(C)C)C(=O)N[C@@H](Cc2c[nH]c3ccccc23)C(=O)NCCO[Si](c2ccccc2)(c2ccccc2)C(C)(C)C)O1)C(C)C)C(C)C)C(C)C. The molecule has 12 amide bonds. The number of fused-ring (bicyclic) bond motifs is 3. The lowest BCUT2D eigenvalue weighted by Crippen LogP contribution is -2.67. The second kappa shape index (κ2) is 45.9. The van der Waals surface area contributed by atoms with E-state index in [-0.39, 0.29) is 80.9 Å². The number of amides is 12. The fourth-order valence-electron chi connectivity index (χ4n) is 16.6. The van der Waals surface area contributed by atoms with Crippen LogP contribution in [0.15, 0.2) is 152 Å². The predicted octanol–water partition coefficient (Wildman–Crippen LogP) is 7.22. The van der Waals surface area contributed by atoms with E-state index in [9.17, 15) is 43.2 Å². The number of carbonyl (C=O) groups is 12. The van der Waals surface area contributed by atoms with Crippen LogP contribution in [0.5, 0.6) is 0 Å². The van der Waals surface area contributed by atoms with Gasteiger partial charge in [-0.15, -0.1) is 0 Å². The van der Waals surface area contributed by atoms with E-state index in [1.165, 1.54) is 13.8 Å². The molecular weight excluding hydrogens is 1640 g/mol. The van der Waals surface area contributed by atoms with Crippen LogP contribution in [0.1, 0.15) is 173 Å². The number of para-hydroxylation sites is 3. The van der Waals surface area contributed by atoms with Crippen LogP contribution in [0, 0.1) is 35.5 Å². The van der Waals surface area contributed by atoms with Crippen LogP contribution >= 0.6 is 0 Å². The second-order valence-corrected chi connectivity index (χ2v) is 41.8. The molecule has 3 aromatic heterocycles. The smallest absolute Gasteiger partial charge is 0.261 e. The summed E-state index contributed by atoms with van der Waals surface area (Å²) in [7, 11) is -3.00. The minimum atomic E-state index is -3.00. The van der Waals surface area contributed by atoms with Crippen LogP contribution in [0.4, 0.5) is 0 Å². The van der Waals surface area contributed by atoms with Gasteiger partial charge in [0.2, 0.25) is 70.9 Å². The zero-order chi connectivity index (χ0) is 93.6. The van der Waals surface area contributed by atoms with Crippen molar-refractivity contribution in [1.29, 1.82) is 0 Å². The third-order valence-electron chi connectivity index (χ3n) is 23.5. The highest BCUT2D eigenvalue weighted by atomic mass is 28.4. The van der Waals surface area contributed by atoms with E-state index < -0.39 is 182 Å². The van der Waals surface area contributed by atoms with Gasteiger partial charge in [0.15, 0.2) is 0 Å². The fourth-order valence-corrected chi connectivity index (χ4v) is 21.2. The van der Waals surface area contributed by atoms with Crippen LogP contribution in [-0.4, -0.2) is 192 Å². The fraction of sp³-hybridized carbons (Fsp3) is 0.505. The Hall–Kier alpha value is -11.5. The predicted molar refractivity (Wildman–Crippen MR) is 500 cm³/mol. The van der Waals surface area contributed by atoms with Crippen LogP contribution < -0.4 is 79.9 Å². The van der Waals surface area contributed by atoms with Crippen molar-refractivity contribution in [2.24, 2.45) is 41.2 Å². The van der Waals surface area contributed by atoms with Gasteiger partial charge in [0.05, 0.1) is 24.8 Å². The zero-order valence-corrected chi connectivity index (χ0v) is 78.3. The Kier molecular flexibility index (Phi) is 36.0. The number of rotatable bonds is 45. The van der Waals surface area contributed by atoms with Crippen molar-refractivity contribution in [2.45, 2.75) is 266 Å². The maximum Gasteiger partial charge on any atom is 0.261 e. The zero-order valence-electron chi connectivity index (χ0n) is 77.3. The number of aromatic amines is 3. The number of ether oxygens (including phenoxy) is 1. The van der Waals surface area contributed by atoms with Gasteiger partial charge in [-0.05, 0) is 139 Å². The molecule has 1 aliphatic rings. The minimum absolute atomic E-state index is 0.0102. The van der Waals surface area contributed by atoms with Gasteiger partial charge < -0.3 is 93.6 Å². The van der Waals surface area contributed by atoms with E-state index in [4.69, 9.17) is 14.9 Å². The molecule has 17 N–H and O–H groups in total. The van der Waals surface area contributed by atoms with Gasteiger partial charge in [-0.2, -0.15) is 0 Å². The van der Waals surface area contributed by atoms with Crippen molar-refractivity contribution >= 4 is 122 Å².